The molecule has 2 rings (SSSR count). The van der Waals surface area contributed by atoms with E-state index in [-0.39, 0.29) is 0 Å². The number of benzene rings is 1. The third-order valence-electron chi connectivity index (χ3n) is 3.91. The van der Waals surface area contributed by atoms with Gasteiger partial charge < -0.3 is 19.5 Å². The van der Waals surface area contributed by atoms with Crippen molar-refractivity contribution in [3.05, 3.63) is 24.3 Å². The van der Waals surface area contributed by atoms with Gasteiger partial charge in [-0.15, -0.1) is 0 Å². The number of likely N-dealkylation sites (tertiary alicyclic amines) is 1. The van der Waals surface area contributed by atoms with Crippen LogP contribution >= 0.6 is 0 Å². The fraction of sp³-hybridized carbons (Fsp3) is 0.500. The molecule has 0 radical (unpaired) electrons. The van der Waals surface area contributed by atoms with E-state index < -0.39 is 49.6 Å². The molecule has 1 saturated heterocycles. The average molecular weight is 361 g/mol. The topological polar surface area (TPSA) is 76.1 Å². The van der Waals surface area contributed by atoms with E-state index in [4.69, 9.17) is 14.6 Å². The Balaban J connectivity index is 2.01. The van der Waals surface area contributed by atoms with Crippen molar-refractivity contribution < 1.29 is 37.3 Å². The van der Waals surface area contributed by atoms with Gasteiger partial charge in [0.25, 0.3) is 5.91 Å². The Morgan fingerprint density at radius 3 is 2.28 bits per heavy atom. The van der Waals surface area contributed by atoms with Crippen molar-refractivity contribution in [1.82, 2.24) is 4.90 Å². The molecule has 1 N–H and O–H groups in total. The molecule has 1 aromatic carbocycles. The number of hydrogen-bond acceptors (Lipinski definition) is 4. The van der Waals surface area contributed by atoms with Gasteiger partial charge in [0, 0.05) is 13.1 Å². The molecular formula is C16H18F3NO5. The van der Waals surface area contributed by atoms with Crippen LogP contribution in [0.4, 0.5) is 13.2 Å². The predicted molar refractivity (Wildman–Crippen MR) is 80.4 cm³/mol. The molecule has 1 amide bonds. The third-order valence-corrected chi connectivity index (χ3v) is 3.91. The van der Waals surface area contributed by atoms with Gasteiger partial charge in [-0.1, -0.05) is 12.1 Å². The molecule has 2 atom stereocenters. The van der Waals surface area contributed by atoms with E-state index in [0.717, 1.165) is 4.90 Å². The van der Waals surface area contributed by atoms with Crippen LogP contribution in [0.25, 0.3) is 0 Å². The second-order valence-corrected chi connectivity index (χ2v) is 5.56. The summed E-state index contributed by atoms with van der Waals surface area (Å²) >= 11 is 0. The Kier molecular flexibility index (Phi) is 5.76. The summed E-state index contributed by atoms with van der Waals surface area (Å²) in [7, 11) is 0. The number of rotatable bonds is 6. The fourth-order valence-corrected chi connectivity index (χ4v) is 2.66. The van der Waals surface area contributed by atoms with Gasteiger partial charge in [0.2, 0.25) is 0 Å². The number of carboxylic acid groups (broad SMARTS) is 1. The summed E-state index contributed by atoms with van der Waals surface area (Å²) in [5.41, 5.74) is 0. The number of para-hydroxylation sites is 2. The minimum Gasteiger partial charge on any atom is -0.490 e. The minimum absolute atomic E-state index is 0.291. The second kappa shape index (κ2) is 7.62. The second-order valence-electron chi connectivity index (χ2n) is 5.56. The quantitative estimate of drug-likeness (QED) is 0.841. The Labute approximate surface area is 142 Å². The smallest absolute Gasteiger partial charge is 0.394 e. The van der Waals surface area contributed by atoms with Crippen LogP contribution in [0.2, 0.25) is 0 Å². The maximum atomic E-state index is 12.9. The Bertz CT molecular complexity index is 634. The normalized spacial score (nSPS) is 20.4. The number of carboxylic acids is 1. The first-order valence-electron chi connectivity index (χ1n) is 7.66. The van der Waals surface area contributed by atoms with Gasteiger partial charge >= 0.3 is 12.1 Å². The zero-order valence-electron chi connectivity index (χ0n) is 13.5. The number of amides is 1. The lowest BCUT2D eigenvalue weighted by Crippen LogP contribution is -2.35. The van der Waals surface area contributed by atoms with Crippen molar-refractivity contribution >= 4 is 11.9 Å². The van der Waals surface area contributed by atoms with Crippen molar-refractivity contribution in [1.29, 1.82) is 0 Å². The van der Waals surface area contributed by atoms with Crippen molar-refractivity contribution in [2.24, 2.45) is 11.8 Å². The molecule has 1 aliphatic heterocycles. The molecular weight excluding hydrogens is 343 g/mol. The minimum atomic E-state index is -4.68. The highest BCUT2D eigenvalue weighted by atomic mass is 19.4. The van der Waals surface area contributed by atoms with Crippen molar-refractivity contribution in [2.75, 3.05) is 26.3 Å². The predicted octanol–water partition coefficient (Wildman–Crippen LogP) is 2.19. The molecule has 25 heavy (non-hydrogen) atoms. The van der Waals surface area contributed by atoms with Crippen molar-refractivity contribution in [3.8, 4) is 11.5 Å². The average Bonchev–Trinajstić information content (AvgIpc) is 3.00. The molecule has 1 heterocycles. The highest BCUT2D eigenvalue weighted by molar-refractivity contribution is 5.80. The van der Waals surface area contributed by atoms with Crippen LogP contribution < -0.4 is 9.47 Å². The molecule has 1 aromatic rings. The van der Waals surface area contributed by atoms with Crippen LogP contribution in [0.1, 0.15) is 6.92 Å². The van der Waals surface area contributed by atoms with E-state index in [9.17, 15) is 22.8 Å². The van der Waals surface area contributed by atoms with Gasteiger partial charge in [-0.05, 0) is 19.1 Å². The number of aliphatic carboxylic acids is 1. The number of carbonyl (C=O) groups is 2. The summed E-state index contributed by atoms with van der Waals surface area (Å²) in [6.45, 7) is 0.481. The largest absolute Gasteiger partial charge is 0.490 e. The van der Waals surface area contributed by atoms with Gasteiger partial charge in [0.15, 0.2) is 18.1 Å². The molecule has 0 aliphatic carbocycles. The summed E-state index contributed by atoms with van der Waals surface area (Å²) in [4.78, 5) is 24.0. The van der Waals surface area contributed by atoms with E-state index in [1.54, 1.807) is 31.2 Å². The molecule has 6 nitrogen and oxygen atoms in total. The van der Waals surface area contributed by atoms with Crippen molar-refractivity contribution in [2.45, 2.75) is 13.1 Å². The van der Waals surface area contributed by atoms with Gasteiger partial charge in [0.1, 0.15) is 0 Å². The number of carbonyl (C=O) groups excluding carboxylic acids is 1. The zero-order valence-corrected chi connectivity index (χ0v) is 13.5. The number of nitrogens with zero attached hydrogens (tertiary/aromatic N) is 1. The first-order valence-corrected chi connectivity index (χ1v) is 7.66. The van der Waals surface area contributed by atoms with Crippen molar-refractivity contribution in [3.63, 3.8) is 0 Å². The van der Waals surface area contributed by atoms with E-state index in [2.05, 4.69) is 0 Å². The monoisotopic (exact) mass is 361 g/mol. The van der Waals surface area contributed by atoms with Crippen LogP contribution in [0, 0.1) is 11.8 Å². The van der Waals surface area contributed by atoms with Crippen LogP contribution in [0.15, 0.2) is 24.3 Å². The molecule has 1 aliphatic rings. The summed E-state index contributed by atoms with van der Waals surface area (Å²) in [5, 5.41) is 8.96. The van der Waals surface area contributed by atoms with Crippen LogP contribution in [0.5, 0.6) is 11.5 Å². The Morgan fingerprint density at radius 1 is 1.20 bits per heavy atom. The summed E-state index contributed by atoms with van der Waals surface area (Å²) < 4.78 is 49.5. The van der Waals surface area contributed by atoms with E-state index >= 15 is 0 Å². The van der Waals surface area contributed by atoms with Crippen LogP contribution in [0.3, 0.4) is 0 Å². The maximum absolute atomic E-state index is 12.9. The molecule has 0 saturated carbocycles. The number of ether oxygens (including phenoxy) is 2. The Morgan fingerprint density at radius 2 is 1.80 bits per heavy atom. The van der Waals surface area contributed by atoms with Gasteiger partial charge in [-0.2, -0.15) is 13.2 Å². The fourth-order valence-electron chi connectivity index (χ4n) is 2.66. The van der Waals surface area contributed by atoms with Crippen LogP contribution in [-0.2, 0) is 9.59 Å². The highest BCUT2D eigenvalue weighted by Gasteiger charge is 2.53. The third kappa shape index (κ3) is 4.55. The first-order chi connectivity index (χ1) is 11.7. The number of alkyl halides is 3. The molecule has 9 heteroatoms. The molecule has 0 unspecified atom stereocenters. The Hall–Kier alpha value is -2.45. The van der Waals surface area contributed by atoms with Gasteiger partial charge in [0.05, 0.1) is 18.4 Å². The highest BCUT2D eigenvalue weighted by Crippen LogP contribution is 2.37. The lowest BCUT2D eigenvalue weighted by Gasteiger charge is -2.19. The SMILES string of the molecule is CCOc1ccccc1OCC(=O)N1C[C@@H](C(F)(F)F)[C@H](C(=O)O)C1. The molecule has 138 valence electrons. The van der Waals surface area contributed by atoms with E-state index in [1.807, 2.05) is 0 Å². The van der Waals surface area contributed by atoms with Gasteiger partial charge in [-0.25, -0.2) is 0 Å². The molecule has 0 aromatic heterocycles. The summed E-state index contributed by atoms with van der Waals surface area (Å²) in [6, 6.07) is 6.59. The molecule has 0 spiro atoms. The summed E-state index contributed by atoms with van der Waals surface area (Å²) in [6.07, 6.45) is -4.68. The summed E-state index contributed by atoms with van der Waals surface area (Å²) in [5.74, 6) is -5.32. The van der Waals surface area contributed by atoms with E-state index in [0.29, 0.717) is 18.1 Å². The number of hydrogen-bond donors (Lipinski definition) is 1. The van der Waals surface area contributed by atoms with E-state index in [1.165, 1.54) is 0 Å². The first kappa shape index (κ1) is 18.9. The lowest BCUT2D eigenvalue weighted by molar-refractivity contribution is -0.188. The lowest BCUT2D eigenvalue weighted by atomic mass is 9.96. The molecule has 1 fully saturated rings. The number of halogens is 3. The maximum Gasteiger partial charge on any atom is 0.394 e. The van der Waals surface area contributed by atoms with Gasteiger partial charge in [-0.3, -0.25) is 9.59 Å². The van der Waals surface area contributed by atoms with Crippen LogP contribution in [-0.4, -0.2) is 54.4 Å². The zero-order chi connectivity index (χ0) is 18.6. The standard InChI is InChI=1S/C16H18F3NO5/c1-2-24-12-5-3-4-6-13(12)25-9-14(21)20-7-10(15(22)23)11(8-20)16(17,18)19/h3-6,10-11H,2,7-9H2,1H3,(H,22,23)/t10-,11-/m1/s1. The molecule has 0 bridgehead atoms.